The number of aryl methyl sites for hydroxylation is 1. The third-order valence-corrected chi connectivity index (χ3v) is 5.75. The van der Waals surface area contributed by atoms with Crippen LogP contribution in [-0.4, -0.2) is 16.3 Å². The van der Waals surface area contributed by atoms with Crippen LogP contribution >= 0.6 is 0 Å². The Morgan fingerprint density at radius 1 is 1.21 bits per heavy atom. The second kappa shape index (κ2) is 4.34. The van der Waals surface area contributed by atoms with Gasteiger partial charge in [0.1, 0.15) is 0 Å². The van der Waals surface area contributed by atoms with E-state index < -0.39 is 0 Å². The van der Waals surface area contributed by atoms with Crippen molar-refractivity contribution in [3.05, 3.63) is 18.0 Å². The summed E-state index contributed by atoms with van der Waals surface area (Å²) in [5.41, 5.74) is 1.96. The van der Waals surface area contributed by atoms with Gasteiger partial charge in [-0.3, -0.25) is 4.68 Å². The van der Waals surface area contributed by atoms with Crippen LogP contribution in [0.5, 0.6) is 0 Å². The van der Waals surface area contributed by atoms with E-state index in [1.54, 1.807) is 19.3 Å². The molecule has 4 aliphatic carbocycles. The molecule has 4 fully saturated rings. The maximum atomic E-state index is 4.24. The minimum absolute atomic E-state index is 0.650. The molecule has 4 aliphatic rings. The molecule has 5 rings (SSSR count). The molecule has 104 valence electrons. The molecule has 0 unspecified atom stereocenters. The van der Waals surface area contributed by atoms with Crippen LogP contribution in [0.4, 0.5) is 0 Å². The fraction of sp³-hybridized carbons (Fsp3) is 0.812. The SMILES string of the molecule is Cn1cc(CNCC23CC4CC(CC(C4)C2)C3)cn1. The quantitative estimate of drug-likeness (QED) is 0.901. The van der Waals surface area contributed by atoms with E-state index in [-0.39, 0.29) is 0 Å². The lowest BCUT2D eigenvalue weighted by Gasteiger charge is -2.57. The summed E-state index contributed by atoms with van der Waals surface area (Å²) in [6, 6.07) is 0. The van der Waals surface area contributed by atoms with Crippen LogP contribution < -0.4 is 5.32 Å². The molecule has 0 saturated heterocycles. The van der Waals surface area contributed by atoms with Crippen LogP contribution in [-0.2, 0) is 13.6 Å². The van der Waals surface area contributed by atoms with Crippen molar-refractivity contribution in [2.45, 2.75) is 45.1 Å². The zero-order chi connectivity index (χ0) is 12.9. The Bertz CT molecular complexity index is 427. The maximum absolute atomic E-state index is 4.24. The highest BCUT2D eigenvalue weighted by atomic mass is 15.2. The van der Waals surface area contributed by atoms with Gasteiger partial charge in [0.25, 0.3) is 0 Å². The molecular weight excluding hydrogens is 234 g/mol. The van der Waals surface area contributed by atoms with E-state index in [1.165, 1.54) is 31.4 Å². The van der Waals surface area contributed by atoms with Gasteiger partial charge >= 0.3 is 0 Å². The molecule has 0 spiro atoms. The second-order valence-electron chi connectivity index (χ2n) is 7.54. The maximum Gasteiger partial charge on any atom is 0.0534 e. The van der Waals surface area contributed by atoms with Gasteiger partial charge in [-0.1, -0.05) is 0 Å². The van der Waals surface area contributed by atoms with E-state index in [0.29, 0.717) is 5.41 Å². The minimum Gasteiger partial charge on any atom is -0.312 e. The van der Waals surface area contributed by atoms with E-state index >= 15 is 0 Å². The smallest absolute Gasteiger partial charge is 0.0534 e. The molecule has 0 atom stereocenters. The molecule has 0 aliphatic heterocycles. The van der Waals surface area contributed by atoms with Gasteiger partial charge in [0.15, 0.2) is 0 Å². The molecule has 3 heteroatoms. The number of nitrogens with one attached hydrogen (secondary N) is 1. The fourth-order valence-corrected chi connectivity index (χ4v) is 5.54. The molecule has 1 aromatic rings. The van der Waals surface area contributed by atoms with Crippen molar-refractivity contribution in [2.75, 3.05) is 6.54 Å². The van der Waals surface area contributed by atoms with E-state index in [2.05, 4.69) is 16.6 Å². The van der Waals surface area contributed by atoms with Crippen LogP contribution in [0.1, 0.15) is 44.1 Å². The number of aromatic nitrogens is 2. The van der Waals surface area contributed by atoms with Gasteiger partial charge in [0.05, 0.1) is 6.20 Å². The Labute approximate surface area is 115 Å². The van der Waals surface area contributed by atoms with E-state index in [9.17, 15) is 0 Å². The zero-order valence-corrected chi connectivity index (χ0v) is 11.9. The van der Waals surface area contributed by atoms with Crippen molar-refractivity contribution in [1.29, 1.82) is 0 Å². The molecular formula is C16H25N3. The fourth-order valence-electron chi connectivity index (χ4n) is 5.54. The largest absolute Gasteiger partial charge is 0.312 e. The van der Waals surface area contributed by atoms with Crippen molar-refractivity contribution in [3.63, 3.8) is 0 Å². The summed E-state index contributed by atoms with van der Waals surface area (Å²) in [5.74, 6) is 3.18. The number of hydrogen-bond acceptors (Lipinski definition) is 2. The summed E-state index contributed by atoms with van der Waals surface area (Å²) < 4.78 is 1.89. The van der Waals surface area contributed by atoms with Crippen molar-refractivity contribution >= 4 is 0 Å². The first-order valence-corrected chi connectivity index (χ1v) is 7.89. The highest BCUT2D eigenvalue weighted by Crippen LogP contribution is 2.59. The third-order valence-electron chi connectivity index (χ3n) is 5.75. The standard InChI is InChI=1S/C16H25N3/c1-19-10-15(9-18-19)8-17-11-16-5-12-2-13(6-16)4-14(3-12)7-16/h9-10,12-14,17H,2-8,11H2,1H3. The molecule has 0 radical (unpaired) electrons. The summed E-state index contributed by atoms with van der Waals surface area (Å²) in [5, 5.41) is 7.96. The number of rotatable bonds is 4. The summed E-state index contributed by atoms with van der Waals surface area (Å²) in [6.07, 6.45) is 13.2. The molecule has 4 bridgehead atoms. The summed E-state index contributed by atoms with van der Waals surface area (Å²) >= 11 is 0. The van der Waals surface area contributed by atoms with E-state index in [4.69, 9.17) is 0 Å². The molecule has 1 heterocycles. The Kier molecular flexibility index (Phi) is 2.73. The first-order chi connectivity index (χ1) is 9.21. The van der Waals surface area contributed by atoms with Gasteiger partial charge < -0.3 is 5.32 Å². The zero-order valence-electron chi connectivity index (χ0n) is 11.9. The highest BCUT2D eigenvalue weighted by molar-refractivity contribution is 5.05. The van der Waals surface area contributed by atoms with Crippen molar-refractivity contribution in [2.24, 2.45) is 30.2 Å². The first kappa shape index (κ1) is 12.0. The normalized spacial score (nSPS) is 39.9. The van der Waals surface area contributed by atoms with Crippen LogP contribution in [0.25, 0.3) is 0 Å². The van der Waals surface area contributed by atoms with E-state index in [0.717, 1.165) is 24.3 Å². The highest BCUT2D eigenvalue weighted by Gasteiger charge is 2.50. The monoisotopic (exact) mass is 259 g/mol. The van der Waals surface area contributed by atoms with Crippen LogP contribution in [0.3, 0.4) is 0 Å². The lowest BCUT2D eigenvalue weighted by molar-refractivity contribution is -0.0514. The lowest BCUT2D eigenvalue weighted by atomic mass is 9.49. The topological polar surface area (TPSA) is 29.9 Å². The van der Waals surface area contributed by atoms with Crippen LogP contribution in [0.2, 0.25) is 0 Å². The first-order valence-electron chi connectivity index (χ1n) is 7.89. The van der Waals surface area contributed by atoms with Crippen molar-refractivity contribution in [3.8, 4) is 0 Å². The van der Waals surface area contributed by atoms with Crippen LogP contribution in [0, 0.1) is 23.2 Å². The average Bonchev–Trinajstić information content (AvgIpc) is 2.73. The van der Waals surface area contributed by atoms with Crippen molar-refractivity contribution in [1.82, 2.24) is 15.1 Å². The predicted molar refractivity (Wildman–Crippen MR) is 75.5 cm³/mol. The van der Waals surface area contributed by atoms with Crippen molar-refractivity contribution < 1.29 is 0 Å². The Morgan fingerprint density at radius 2 is 1.84 bits per heavy atom. The van der Waals surface area contributed by atoms with Crippen LogP contribution in [0.15, 0.2) is 12.4 Å². The number of nitrogens with zero attached hydrogens (tertiary/aromatic N) is 2. The van der Waals surface area contributed by atoms with Gasteiger partial charge in [-0.05, 0) is 61.7 Å². The second-order valence-corrected chi connectivity index (χ2v) is 7.54. The third kappa shape index (κ3) is 2.22. The van der Waals surface area contributed by atoms with Gasteiger partial charge in [-0.15, -0.1) is 0 Å². The van der Waals surface area contributed by atoms with E-state index in [1.807, 2.05) is 17.9 Å². The molecule has 19 heavy (non-hydrogen) atoms. The summed E-state index contributed by atoms with van der Waals surface area (Å²) in [7, 11) is 1.99. The minimum atomic E-state index is 0.650. The van der Waals surface area contributed by atoms with Gasteiger partial charge in [-0.2, -0.15) is 5.10 Å². The molecule has 0 aromatic carbocycles. The Hall–Kier alpha value is -0.830. The van der Waals surface area contributed by atoms with Gasteiger partial charge in [0, 0.05) is 31.9 Å². The summed E-state index contributed by atoms with van der Waals surface area (Å²) in [6.45, 7) is 2.21. The Morgan fingerprint density at radius 3 is 2.37 bits per heavy atom. The number of hydrogen-bond donors (Lipinski definition) is 1. The Balaban J connectivity index is 1.37. The van der Waals surface area contributed by atoms with Gasteiger partial charge in [0.2, 0.25) is 0 Å². The molecule has 1 aromatic heterocycles. The summed E-state index contributed by atoms with van der Waals surface area (Å²) in [4.78, 5) is 0. The molecule has 4 saturated carbocycles. The van der Waals surface area contributed by atoms with Gasteiger partial charge in [-0.25, -0.2) is 0 Å². The molecule has 0 amide bonds. The molecule has 3 nitrogen and oxygen atoms in total. The molecule has 1 N–H and O–H groups in total. The lowest BCUT2D eigenvalue weighted by Crippen LogP contribution is -2.50. The average molecular weight is 259 g/mol. The predicted octanol–water partition coefficient (Wildman–Crippen LogP) is 2.73.